The van der Waals surface area contributed by atoms with E-state index in [0.717, 1.165) is 32.5 Å². The second kappa shape index (κ2) is 8.06. The summed E-state index contributed by atoms with van der Waals surface area (Å²) in [7, 11) is 0. The number of hydrogen-bond donors (Lipinski definition) is 2. The second-order valence-electron chi connectivity index (χ2n) is 4.44. The summed E-state index contributed by atoms with van der Waals surface area (Å²) in [5.74, 6) is -0.235. The number of hydrogen-bond acceptors (Lipinski definition) is 3. The number of ether oxygens (including phenoxy) is 1. The van der Waals surface area contributed by atoms with E-state index in [0.29, 0.717) is 25.3 Å². The first kappa shape index (κ1) is 14.0. The Labute approximate surface area is 102 Å². The molecule has 1 rings (SSSR count). The molecule has 2 N–H and O–H groups in total. The third-order valence-electron chi connectivity index (χ3n) is 3.01. The van der Waals surface area contributed by atoms with Gasteiger partial charge in [-0.15, -0.1) is 0 Å². The quantitative estimate of drug-likeness (QED) is 0.704. The van der Waals surface area contributed by atoms with Crippen molar-refractivity contribution in [3.63, 3.8) is 0 Å². The molecule has 0 aromatic carbocycles. The molecule has 0 bridgehead atoms. The molecular weight excluding hydrogens is 222 g/mol. The number of carboxylic acid groups (broad SMARTS) is 1. The van der Waals surface area contributed by atoms with Crippen LogP contribution < -0.4 is 5.32 Å². The molecule has 1 aliphatic rings. The van der Waals surface area contributed by atoms with Crippen LogP contribution in [0.3, 0.4) is 0 Å². The van der Waals surface area contributed by atoms with Crippen molar-refractivity contribution in [1.29, 1.82) is 0 Å². The van der Waals surface area contributed by atoms with Crippen LogP contribution in [-0.4, -0.2) is 36.7 Å². The van der Waals surface area contributed by atoms with Gasteiger partial charge in [0.2, 0.25) is 5.91 Å². The van der Waals surface area contributed by atoms with Gasteiger partial charge in [-0.3, -0.25) is 9.59 Å². The molecule has 0 radical (unpaired) electrons. The highest BCUT2D eigenvalue weighted by Crippen LogP contribution is 2.17. The normalized spacial score (nSPS) is 16.7. The number of carboxylic acids is 1. The molecule has 1 heterocycles. The van der Waals surface area contributed by atoms with Crippen molar-refractivity contribution in [2.75, 3.05) is 19.8 Å². The summed E-state index contributed by atoms with van der Waals surface area (Å²) in [4.78, 5) is 21.6. The van der Waals surface area contributed by atoms with Gasteiger partial charge in [-0.1, -0.05) is 0 Å². The fraction of sp³-hybridized carbons (Fsp3) is 0.833. The van der Waals surface area contributed by atoms with Crippen LogP contribution in [0.15, 0.2) is 0 Å². The highest BCUT2D eigenvalue weighted by atomic mass is 16.5. The van der Waals surface area contributed by atoms with Crippen molar-refractivity contribution >= 4 is 11.9 Å². The summed E-state index contributed by atoms with van der Waals surface area (Å²) in [6.45, 7) is 2.35. The number of carbonyl (C=O) groups excluding carboxylic acids is 1. The van der Waals surface area contributed by atoms with E-state index >= 15 is 0 Å². The van der Waals surface area contributed by atoms with Gasteiger partial charge in [0, 0.05) is 32.6 Å². The smallest absolute Gasteiger partial charge is 0.303 e. The maximum absolute atomic E-state index is 11.3. The molecule has 5 nitrogen and oxygen atoms in total. The molecule has 1 fully saturated rings. The number of amides is 1. The zero-order valence-corrected chi connectivity index (χ0v) is 10.1. The summed E-state index contributed by atoms with van der Waals surface area (Å²) in [5.41, 5.74) is 0. The van der Waals surface area contributed by atoms with Gasteiger partial charge in [0.25, 0.3) is 0 Å². The largest absolute Gasteiger partial charge is 0.481 e. The lowest BCUT2D eigenvalue weighted by Gasteiger charge is -2.21. The predicted molar refractivity (Wildman–Crippen MR) is 62.7 cm³/mol. The van der Waals surface area contributed by atoms with E-state index in [-0.39, 0.29) is 12.3 Å². The van der Waals surface area contributed by atoms with Crippen LogP contribution in [0.2, 0.25) is 0 Å². The van der Waals surface area contributed by atoms with E-state index in [1.54, 1.807) is 0 Å². The minimum atomic E-state index is -0.847. The van der Waals surface area contributed by atoms with Crippen molar-refractivity contribution in [2.24, 2.45) is 5.92 Å². The highest BCUT2D eigenvalue weighted by molar-refractivity contribution is 5.76. The summed E-state index contributed by atoms with van der Waals surface area (Å²) in [6, 6.07) is 0. The van der Waals surface area contributed by atoms with Crippen LogP contribution >= 0.6 is 0 Å². The Bertz CT molecular complexity index is 249. The molecule has 0 saturated carbocycles. The Morgan fingerprint density at radius 3 is 2.59 bits per heavy atom. The molecule has 0 aromatic rings. The van der Waals surface area contributed by atoms with Crippen LogP contribution in [0, 0.1) is 5.92 Å². The molecule has 1 aliphatic heterocycles. The van der Waals surface area contributed by atoms with E-state index in [2.05, 4.69) is 5.32 Å². The summed E-state index contributed by atoms with van der Waals surface area (Å²) in [6.07, 6.45) is 3.93. The lowest BCUT2D eigenvalue weighted by atomic mass is 9.97. The molecular formula is C12H21NO4. The topological polar surface area (TPSA) is 75.6 Å². The molecule has 0 spiro atoms. The van der Waals surface area contributed by atoms with Gasteiger partial charge in [0.15, 0.2) is 0 Å². The predicted octanol–water partition coefficient (Wildman–Crippen LogP) is 1.17. The molecule has 1 saturated heterocycles. The van der Waals surface area contributed by atoms with Crippen LogP contribution in [0.25, 0.3) is 0 Å². The average Bonchev–Trinajstić information content (AvgIpc) is 2.30. The second-order valence-corrected chi connectivity index (χ2v) is 4.44. The van der Waals surface area contributed by atoms with Crippen LogP contribution in [0.1, 0.15) is 38.5 Å². The van der Waals surface area contributed by atoms with Gasteiger partial charge in [-0.2, -0.15) is 0 Å². The van der Waals surface area contributed by atoms with Gasteiger partial charge in [-0.25, -0.2) is 0 Å². The van der Waals surface area contributed by atoms with E-state index < -0.39 is 5.97 Å². The van der Waals surface area contributed by atoms with E-state index in [1.807, 2.05) is 0 Å². The van der Waals surface area contributed by atoms with Crippen molar-refractivity contribution in [3.8, 4) is 0 Å². The number of rotatable bonds is 7. The van der Waals surface area contributed by atoms with Crippen LogP contribution in [0.5, 0.6) is 0 Å². The van der Waals surface area contributed by atoms with Gasteiger partial charge in [-0.05, 0) is 31.6 Å². The van der Waals surface area contributed by atoms with Crippen LogP contribution in [-0.2, 0) is 14.3 Å². The fourth-order valence-corrected chi connectivity index (χ4v) is 1.94. The maximum atomic E-state index is 11.3. The average molecular weight is 243 g/mol. The summed E-state index contributed by atoms with van der Waals surface area (Å²) >= 11 is 0. The molecule has 0 atom stereocenters. The standard InChI is InChI=1S/C12H21NO4/c14-11(2-1-3-12(15)16)13-7-4-10-5-8-17-9-6-10/h10H,1-9H2,(H,13,14)(H,15,16). The molecule has 98 valence electrons. The van der Waals surface area contributed by atoms with E-state index in [9.17, 15) is 9.59 Å². The van der Waals surface area contributed by atoms with Crippen molar-refractivity contribution in [2.45, 2.75) is 38.5 Å². The van der Waals surface area contributed by atoms with Crippen LogP contribution in [0.4, 0.5) is 0 Å². The number of nitrogens with one attached hydrogen (secondary N) is 1. The van der Waals surface area contributed by atoms with Gasteiger partial charge in [0.05, 0.1) is 0 Å². The SMILES string of the molecule is O=C(O)CCCC(=O)NCCC1CCOCC1. The monoisotopic (exact) mass is 243 g/mol. The van der Waals surface area contributed by atoms with E-state index in [4.69, 9.17) is 9.84 Å². The first-order chi connectivity index (χ1) is 8.18. The zero-order valence-electron chi connectivity index (χ0n) is 10.1. The van der Waals surface area contributed by atoms with Gasteiger partial charge < -0.3 is 15.2 Å². The Morgan fingerprint density at radius 2 is 1.94 bits per heavy atom. The zero-order chi connectivity index (χ0) is 12.5. The van der Waals surface area contributed by atoms with Crippen molar-refractivity contribution < 1.29 is 19.4 Å². The van der Waals surface area contributed by atoms with E-state index in [1.165, 1.54) is 0 Å². The Morgan fingerprint density at radius 1 is 1.24 bits per heavy atom. The fourth-order valence-electron chi connectivity index (χ4n) is 1.94. The molecule has 1 amide bonds. The molecule has 0 unspecified atom stereocenters. The molecule has 5 heteroatoms. The third-order valence-corrected chi connectivity index (χ3v) is 3.01. The lowest BCUT2D eigenvalue weighted by molar-refractivity contribution is -0.137. The highest BCUT2D eigenvalue weighted by Gasteiger charge is 2.13. The maximum Gasteiger partial charge on any atom is 0.303 e. The Hall–Kier alpha value is -1.10. The van der Waals surface area contributed by atoms with Gasteiger partial charge in [0.1, 0.15) is 0 Å². The third kappa shape index (κ3) is 6.94. The molecule has 0 aliphatic carbocycles. The lowest BCUT2D eigenvalue weighted by Crippen LogP contribution is -2.27. The summed E-state index contributed by atoms with van der Waals surface area (Å²) < 4.78 is 5.26. The van der Waals surface area contributed by atoms with Gasteiger partial charge >= 0.3 is 5.97 Å². The van der Waals surface area contributed by atoms with Crippen molar-refractivity contribution in [1.82, 2.24) is 5.32 Å². The minimum absolute atomic E-state index is 0.0432. The summed E-state index contributed by atoms with van der Waals surface area (Å²) in [5, 5.41) is 11.3. The Balaban J connectivity index is 1.97. The number of aliphatic carboxylic acids is 1. The minimum Gasteiger partial charge on any atom is -0.481 e. The number of carbonyl (C=O) groups is 2. The first-order valence-electron chi connectivity index (χ1n) is 6.24. The molecule has 0 aromatic heterocycles. The molecule has 17 heavy (non-hydrogen) atoms. The Kier molecular flexibility index (Phi) is 6.62. The first-order valence-corrected chi connectivity index (χ1v) is 6.24. The van der Waals surface area contributed by atoms with Crippen molar-refractivity contribution in [3.05, 3.63) is 0 Å².